The molecule has 2 amide bonds. The van der Waals surface area contributed by atoms with Crippen molar-refractivity contribution in [1.82, 2.24) is 4.98 Å². The maximum atomic E-state index is 14.4. The summed E-state index contributed by atoms with van der Waals surface area (Å²) in [6.45, 7) is 1.98. The minimum absolute atomic E-state index is 0.0247. The molecular formula is C21H20F5N3O4. The molecule has 3 N–H and O–H groups in total. The molecule has 1 fully saturated rings. The number of amides is 2. The molecular weight excluding hydrogens is 453 g/mol. The average Bonchev–Trinajstić information content (AvgIpc) is 3.02. The molecule has 0 spiro atoms. The summed E-state index contributed by atoms with van der Waals surface area (Å²) in [6.07, 6.45) is -5.49. The smallest absolute Gasteiger partial charge is 0.417 e. The SMILES string of the molecule is COc1c([C@@H]2[C@H](C(=O)Nc3ccnc(C(N)=O)c3)O[C@@](C)(C(F)(F)F)[C@H]2C)ccc(F)c1F. The predicted octanol–water partition coefficient (Wildman–Crippen LogP) is 3.55. The standard InChI is InChI=1S/C21H20F5N3O4/c1-9-14(11-4-5-12(22)15(23)16(11)32-3)17(33-20(9,2)21(24,25)26)19(31)29-10-6-7-28-13(8-10)18(27)30/h4-9,14,17H,1-3H3,(H2,27,30)(H,28,29,31)/t9-,14+,17+,20+/m0/s1. The van der Waals surface area contributed by atoms with Crippen LogP contribution in [-0.2, 0) is 9.53 Å². The molecule has 178 valence electrons. The van der Waals surface area contributed by atoms with Crippen molar-refractivity contribution < 1.29 is 41.0 Å². The second kappa shape index (κ2) is 8.58. The number of nitrogens with one attached hydrogen (secondary N) is 1. The maximum absolute atomic E-state index is 14.4. The molecule has 0 unspecified atom stereocenters. The van der Waals surface area contributed by atoms with Gasteiger partial charge in [0.2, 0.25) is 5.82 Å². The molecule has 2 heterocycles. The number of benzene rings is 1. The highest BCUT2D eigenvalue weighted by atomic mass is 19.4. The van der Waals surface area contributed by atoms with Gasteiger partial charge in [0.15, 0.2) is 17.2 Å². The van der Waals surface area contributed by atoms with Gasteiger partial charge in [-0.3, -0.25) is 14.6 Å². The zero-order valence-electron chi connectivity index (χ0n) is 17.7. The van der Waals surface area contributed by atoms with E-state index >= 15 is 0 Å². The summed E-state index contributed by atoms with van der Waals surface area (Å²) in [5.41, 5.74) is 2.04. The zero-order valence-corrected chi connectivity index (χ0v) is 17.7. The van der Waals surface area contributed by atoms with E-state index in [4.69, 9.17) is 15.2 Å². The van der Waals surface area contributed by atoms with Crippen LogP contribution in [0.3, 0.4) is 0 Å². The molecule has 3 rings (SSSR count). The Balaban J connectivity index is 2.07. The highest BCUT2D eigenvalue weighted by Crippen LogP contribution is 2.55. The number of carbonyl (C=O) groups excluding carboxylic acids is 2. The Kier molecular flexibility index (Phi) is 6.33. The number of anilines is 1. The average molecular weight is 473 g/mol. The summed E-state index contributed by atoms with van der Waals surface area (Å²) >= 11 is 0. The van der Waals surface area contributed by atoms with Crippen molar-refractivity contribution in [3.8, 4) is 5.75 Å². The van der Waals surface area contributed by atoms with Gasteiger partial charge < -0.3 is 20.5 Å². The Morgan fingerprint density at radius 3 is 2.48 bits per heavy atom. The van der Waals surface area contributed by atoms with Crippen molar-refractivity contribution >= 4 is 17.5 Å². The van der Waals surface area contributed by atoms with Gasteiger partial charge in [-0.25, -0.2) is 4.39 Å². The fourth-order valence-electron chi connectivity index (χ4n) is 3.90. The first-order valence-corrected chi connectivity index (χ1v) is 9.65. The fraction of sp³-hybridized carbons (Fsp3) is 0.381. The third-order valence-corrected chi connectivity index (χ3v) is 5.85. The summed E-state index contributed by atoms with van der Waals surface area (Å²) in [4.78, 5) is 28.1. The molecule has 33 heavy (non-hydrogen) atoms. The van der Waals surface area contributed by atoms with Gasteiger partial charge in [0.1, 0.15) is 11.8 Å². The van der Waals surface area contributed by atoms with Crippen LogP contribution >= 0.6 is 0 Å². The highest BCUT2D eigenvalue weighted by molar-refractivity contribution is 5.97. The van der Waals surface area contributed by atoms with Gasteiger partial charge in [-0.05, 0) is 25.1 Å². The van der Waals surface area contributed by atoms with Crippen LogP contribution in [0.5, 0.6) is 5.75 Å². The molecule has 1 saturated heterocycles. The summed E-state index contributed by atoms with van der Waals surface area (Å²) in [5, 5.41) is 2.36. The Hall–Kier alpha value is -3.28. The number of ether oxygens (including phenoxy) is 2. The normalized spacial score (nSPS) is 25.0. The number of alkyl halides is 3. The van der Waals surface area contributed by atoms with Crippen molar-refractivity contribution in [2.45, 2.75) is 37.6 Å². The molecule has 0 bridgehead atoms. The molecule has 1 aromatic carbocycles. The molecule has 7 nitrogen and oxygen atoms in total. The number of aromatic nitrogens is 1. The first-order chi connectivity index (χ1) is 15.3. The van der Waals surface area contributed by atoms with Crippen LogP contribution in [0, 0.1) is 17.6 Å². The molecule has 2 aromatic rings. The van der Waals surface area contributed by atoms with Crippen LogP contribution in [0.15, 0.2) is 30.5 Å². The maximum Gasteiger partial charge on any atom is 0.417 e. The van der Waals surface area contributed by atoms with Crippen molar-refractivity contribution in [2.75, 3.05) is 12.4 Å². The van der Waals surface area contributed by atoms with Crippen LogP contribution < -0.4 is 15.8 Å². The lowest BCUT2D eigenvalue weighted by Crippen LogP contribution is -2.47. The number of methoxy groups -OCH3 is 1. The minimum atomic E-state index is -4.89. The summed E-state index contributed by atoms with van der Waals surface area (Å²) < 4.78 is 80.1. The fourth-order valence-corrected chi connectivity index (χ4v) is 3.90. The summed E-state index contributed by atoms with van der Waals surface area (Å²) in [6, 6.07) is 4.22. The lowest BCUT2D eigenvalue weighted by atomic mass is 9.77. The van der Waals surface area contributed by atoms with E-state index in [0.717, 1.165) is 32.2 Å². The van der Waals surface area contributed by atoms with Gasteiger partial charge in [-0.15, -0.1) is 0 Å². The molecule has 12 heteroatoms. The molecule has 4 atom stereocenters. The highest BCUT2D eigenvalue weighted by Gasteiger charge is 2.65. The number of hydrogen-bond donors (Lipinski definition) is 2. The van der Waals surface area contributed by atoms with E-state index in [1.165, 1.54) is 19.2 Å². The molecule has 1 aliphatic rings. The van der Waals surface area contributed by atoms with Gasteiger partial charge in [0.05, 0.1) is 7.11 Å². The first-order valence-electron chi connectivity index (χ1n) is 9.65. The molecule has 1 aliphatic heterocycles. The van der Waals surface area contributed by atoms with Crippen molar-refractivity contribution in [3.05, 3.63) is 53.4 Å². The van der Waals surface area contributed by atoms with Crippen molar-refractivity contribution in [1.29, 1.82) is 0 Å². The lowest BCUT2D eigenvalue weighted by Gasteiger charge is -2.32. The quantitative estimate of drug-likeness (QED) is 0.647. The van der Waals surface area contributed by atoms with Gasteiger partial charge in [-0.2, -0.15) is 17.6 Å². The number of hydrogen-bond acceptors (Lipinski definition) is 5. The number of nitrogens with two attached hydrogens (primary N) is 1. The number of carbonyl (C=O) groups is 2. The summed E-state index contributed by atoms with van der Waals surface area (Å²) in [7, 11) is 1.03. The summed E-state index contributed by atoms with van der Waals surface area (Å²) in [5.74, 6) is -7.94. The van der Waals surface area contributed by atoms with E-state index in [9.17, 15) is 31.5 Å². The van der Waals surface area contributed by atoms with Gasteiger partial charge >= 0.3 is 6.18 Å². The molecule has 0 aliphatic carbocycles. The Morgan fingerprint density at radius 2 is 1.91 bits per heavy atom. The van der Waals surface area contributed by atoms with E-state index in [0.29, 0.717) is 0 Å². The Morgan fingerprint density at radius 1 is 1.24 bits per heavy atom. The predicted molar refractivity (Wildman–Crippen MR) is 106 cm³/mol. The third kappa shape index (κ3) is 4.22. The largest absolute Gasteiger partial charge is 0.493 e. The van der Waals surface area contributed by atoms with Crippen LogP contribution in [0.25, 0.3) is 0 Å². The number of primary amides is 1. The first kappa shape index (κ1) is 24.4. The molecule has 0 saturated carbocycles. The molecule has 0 radical (unpaired) electrons. The number of pyridine rings is 1. The van der Waals surface area contributed by atoms with E-state index in [2.05, 4.69) is 10.3 Å². The van der Waals surface area contributed by atoms with E-state index in [1.54, 1.807) is 0 Å². The lowest BCUT2D eigenvalue weighted by molar-refractivity contribution is -0.272. The zero-order chi connectivity index (χ0) is 24.7. The number of halogens is 5. The second-order valence-electron chi connectivity index (χ2n) is 7.72. The Bertz CT molecular complexity index is 1090. The van der Waals surface area contributed by atoms with Gasteiger partial charge in [0.25, 0.3) is 11.8 Å². The van der Waals surface area contributed by atoms with Crippen LogP contribution in [0.1, 0.15) is 35.8 Å². The van der Waals surface area contributed by atoms with Crippen LogP contribution in [-0.4, -0.2) is 41.8 Å². The number of nitrogens with zero attached hydrogens (tertiary/aromatic N) is 1. The molecule has 1 aromatic heterocycles. The van der Waals surface area contributed by atoms with Gasteiger partial charge in [-0.1, -0.05) is 13.0 Å². The third-order valence-electron chi connectivity index (χ3n) is 5.85. The second-order valence-corrected chi connectivity index (χ2v) is 7.72. The van der Waals surface area contributed by atoms with E-state index in [1.807, 2.05) is 0 Å². The van der Waals surface area contributed by atoms with E-state index in [-0.39, 0.29) is 16.9 Å². The van der Waals surface area contributed by atoms with Crippen LogP contribution in [0.4, 0.5) is 27.6 Å². The topological polar surface area (TPSA) is 104 Å². The van der Waals surface area contributed by atoms with E-state index < -0.39 is 58.9 Å². The van der Waals surface area contributed by atoms with Gasteiger partial charge in [0, 0.05) is 29.3 Å². The Labute approximate surface area is 185 Å². The van der Waals surface area contributed by atoms with Crippen LogP contribution in [0.2, 0.25) is 0 Å². The number of rotatable bonds is 5. The van der Waals surface area contributed by atoms with Crippen molar-refractivity contribution in [3.63, 3.8) is 0 Å². The minimum Gasteiger partial charge on any atom is -0.493 e. The monoisotopic (exact) mass is 473 g/mol. The van der Waals surface area contributed by atoms with Crippen molar-refractivity contribution in [2.24, 2.45) is 11.7 Å².